The van der Waals surface area contributed by atoms with Crippen LogP contribution in [-0.2, 0) is 33.3 Å². The number of hydrogen-bond acceptors (Lipinski definition) is 7. The number of carboxylic acid groups (broad SMARTS) is 1. The number of carboxylic acids is 1. The summed E-state index contributed by atoms with van der Waals surface area (Å²) in [6, 6.07) is 0. The number of quaternary nitrogens is 1. The van der Waals surface area contributed by atoms with Crippen LogP contribution in [-0.4, -0.2) is 87.4 Å². The van der Waals surface area contributed by atoms with Gasteiger partial charge in [0.25, 0.3) is 6.29 Å². The van der Waals surface area contributed by atoms with Gasteiger partial charge in [-0.2, -0.15) is 0 Å². The van der Waals surface area contributed by atoms with E-state index in [0.29, 0.717) is 17.4 Å². The lowest BCUT2D eigenvalue weighted by Crippen LogP contribution is -2.40. The quantitative estimate of drug-likeness (QED) is 0.0211. The van der Waals surface area contributed by atoms with Crippen LogP contribution in [0.4, 0.5) is 0 Å². The fourth-order valence-corrected chi connectivity index (χ4v) is 12.9. The number of carbonyl (C=O) groups excluding carboxylic acids is 2. The topological polar surface area (TPSA) is 108 Å². The van der Waals surface area contributed by atoms with Crippen LogP contribution in [0.3, 0.4) is 0 Å². The molecule has 0 aliphatic heterocycles. The molecule has 9 nitrogen and oxygen atoms in total. The number of ether oxygens (including phenoxy) is 4. The van der Waals surface area contributed by atoms with Crippen LogP contribution in [0.2, 0.25) is 0 Å². The van der Waals surface area contributed by atoms with Crippen molar-refractivity contribution in [2.24, 2.45) is 0 Å². The van der Waals surface area contributed by atoms with Gasteiger partial charge in [-0.05, 0) is 103 Å². The highest BCUT2D eigenvalue weighted by Gasteiger charge is 2.25. The van der Waals surface area contributed by atoms with Crippen LogP contribution in [0.1, 0.15) is 412 Å². The Hall–Kier alpha value is -4.05. The first-order chi connectivity index (χ1) is 50.6. The number of allylic oxidation sites excluding steroid dienone is 18. The van der Waals surface area contributed by atoms with Gasteiger partial charge in [0.2, 0.25) is 0 Å². The molecule has 0 aromatic carbocycles. The maximum absolute atomic E-state index is 13.0. The van der Waals surface area contributed by atoms with E-state index in [9.17, 15) is 19.5 Å². The first kappa shape index (κ1) is 98.9. The van der Waals surface area contributed by atoms with Gasteiger partial charge in [-0.3, -0.25) is 9.59 Å². The first-order valence-electron chi connectivity index (χ1n) is 44.1. The second-order valence-corrected chi connectivity index (χ2v) is 30.8. The number of esters is 2. The van der Waals surface area contributed by atoms with Crippen LogP contribution in [0, 0.1) is 0 Å². The number of carbonyl (C=O) groups is 3. The maximum Gasteiger partial charge on any atom is 0.361 e. The Balaban J connectivity index is 3.97. The van der Waals surface area contributed by atoms with Gasteiger partial charge < -0.3 is 28.5 Å². The van der Waals surface area contributed by atoms with Crippen LogP contribution >= 0.6 is 0 Å². The molecule has 0 aromatic rings. The van der Waals surface area contributed by atoms with Crippen LogP contribution in [0.5, 0.6) is 0 Å². The zero-order valence-corrected chi connectivity index (χ0v) is 68.5. The first-order valence-corrected chi connectivity index (χ1v) is 44.1. The maximum atomic E-state index is 13.0. The number of hydrogen-bond donors (Lipinski definition) is 1. The molecule has 9 heteroatoms. The predicted octanol–water partition coefficient (Wildman–Crippen LogP) is 28.8. The molecule has 0 radical (unpaired) electrons. The van der Waals surface area contributed by atoms with Crippen molar-refractivity contribution < 1.29 is 42.9 Å². The number of aliphatic carboxylic acids is 1. The van der Waals surface area contributed by atoms with Crippen LogP contribution < -0.4 is 0 Å². The standard InChI is InChI=1S/C94H167NO8/c1-6-8-10-12-14-16-18-20-22-24-26-28-30-32-34-36-38-40-42-44-46-48-50-52-54-56-58-60-62-64-66-68-70-72-74-76-78-80-82-84-91(96)101-88-90(89-102-94(93(98)99)100-87-86-95(3,4)5)103-92(97)85-83-81-79-77-75-73-71-69-67-65-63-61-59-57-55-53-51-49-47-45-43-41-39-37-35-33-31-29-27-25-23-21-19-17-15-13-11-9-7-2/h9,11,15,17,21,23-24,26-27,29,33,35,39,41,45,47,51,53,90,94H,6-8,10,12-14,16,18-20,22,25,28,30-32,34,36-38,40,42-44,46,48-50,52,54-89H2,1-5H3/p+1/b11-9-,17-15-,23-21-,26-24-,29-27-,35-33-,41-39-,47-45-,53-51-. The number of unbranched alkanes of at least 4 members (excludes halogenated alkanes) is 49. The lowest BCUT2D eigenvalue weighted by atomic mass is 10.0. The summed E-state index contributed by atoms with van der Waals surface area (Å²) in [6.45, 7) is 4.82. The molecule has 0 aliphatic carbocycles. The number of likely N-dealkylation sites (N-methyl/N-ethyl adjacent to an activating group) is 1. The molecule has 1 N–H and O–H groups in total. The van der Waals surface area contributed by atoms with E-state index in [-0.39, 0.29) is 32.2 Å². The Morgan fingerprint density at radius 1 is 0.301 bits per heavy atom. The van der Waals surface area contributed by atoms with E-state index in [0.717, 1.165) is 89.9 Å². The Bertz CT molecular complexity index is 2070. The Morgan fingerprint density at radius 3 is 0.835 bits per heavy atom. The summed E-state index contributed by atoms with van der Waals surface area (Å²) >= 11 is 0. The summed E-state index contributed by atoms with van der Waals surface area (Å²) in [5.74, 6) is -1.99. The lowest BCUT2D eigenvalue weighted by Gasteiger charge is -2.25. The zero-order chi connectivity index (χ0) is 74.6. The van der Waals surface area contributed by atoms with Crippen molar-refractivity contribution in [3.8, 4) is 0 Å². The smallest absolute Gasteiger partial charge is 0.361 e. The SMILES string of the molecule is CC/C=C\C/C=C\C/C=C\C/C=C\C/C=C\C/C=C\C/C=C\C/C=C\CCCCCCCCCCCCCCCCC(=O)OC(COC(=O)CCCCCCCCCCCCCCCCCCCCCCCCCCCCC/C=C\CCCCCCCCCC)COC(OCC[N+](C)(C)C)C(=O)O. The summed E-state index contributed by atoms with van der Waals surface area (Å²) in [5.41, 5.74) is 0. The van der Waals surface area contributed by atoms with E-state index in [1.54, 1.807) is 0 Å². The second kappa shape index (κ2) is 83.6. The van der Waals surface area contributed by atoms with Crippen molar-refractivity contribution >= 4 is 17.9 Å². The molecule has 0 amide bonds. The van der Waals surface area contributed by atoms with Crippen molar-refractivity contribution in [3.63, 3.8) is 0 Å². The van der Waals surface area contributed by atoms with Crippen molar-refractivity contribution in [3.05, 3.63) is 109 Å². The largest absolute Gasteiger partial charge is 0.477 e. The van der Waals surface area contributed by atoms with Gasteiger partial charge in [-0.25, -0.2) is 4.79 Å². The Morgan fingerprint density at radius 2 is 0.553 bits per heavy atom. The molecule has 0 heterocycles. The summed E-state index contributed by atoms with van der Waals surface area (Å²) < 4.78 is 23.1. The third-order valence-electron chi connectivity index (χ3n) is 19.5. The van der Waals surface area contributed by atoms with E-state index in [4.69, 9.17) is 18.9 Å². The normalized spacial score (nSPS) is 13.1. The minimum absolute atomic E-state index is 0.181. The zero-order valence-electron chi connectivity index (χ0n) is 68.5. The fourth-order valence-electron chi connectivity index (χ4n) is 12.9. The highest BCUT2D eigenvalue weighted by atomic mass is 16.7. The van der Waals surface area contributed by atoms with E-state index < -0.39 is 24.3 Å². The summed E-state index contributed by atoms with van der Waals surface area (Å²) in [7, 11) is 5.99. The van der Waals surface area contributed by atoms with Crippen molar-refractivity contribution in [2.45, 2.75) is 424 Å². The molecule has 596 valence electrons. The Labute approximate surface area is 638 Å². The van der Waals surface area contributed by atoms with Gasteiger partial charge >= 0.3 is 17.9 Å². The minimum Gasteiger partial charge on any atom is -0.477 e. The van der Waals surface area contributed by atoms with Gasteiger partial charge in [-0.15, -0.1) is 0 Å². The molecule has 0 spiro atoms. The third-order valence-corrected chi connectivity index (χ3v) is 19.5. The molecule has 2 atom stereocenters. The molecule has 0 aromatic heterocycles. The monoisotopic (exact) mass is 1440 g/mol. The van der Waals surface area contributed by atoms with Gasteiger partial charge in [0.15, 0.2) is 6.10 Å². The molecule has 103 heavy (non-hydrogen) atoms. The molecule has 2 unspecified atom stereocenters. The molecular weight excluding hydrogens is 1270 g/mol. The summed E-state index contributed by atoms with van der Waals surface area (Å²) in [6.07, 6.45) is 116. The van der Waals surface area contributed by atoms with Gasteiger partial charge in [0.1, 0.15) is 13.2 Å². The minimum atomic E-state index is -1.51. The van der Waals surface area contributed by atoms with Crippen molar-refractivity contribution in [2.75, 3.05) is 47.5 Å². The summed E-state index contributed by atoms with van der Waals surface area (Å²) in [4.78, 5) is 37.8. The van der Waals surface area contributed by atoms with Gasteiger partial charge in [0.05, 0.1) is 34.4 Å². The number of nitrogens with zero attached hydrogens (tertiary/aromatic N) is 1. The molecule has 0 saturated carbocycles. The average molecular weight is 1440 g/mol. The lowest BCUT2D eigenvalue weighted by molar-refractivity contribution is -0.870. The van der Waals surface area contributed by atoms with Gasteiger partial charge in [-0.1, -0.05) is 406 Å². The van der Waals surface area contributed by atoms with E-state index in [1.165, 1.54) is 295 Å². The van der Waals surface area contributed by atoms with Crippen molar-refractivity contribution in [1.29, 1.82) is 0 Å². The van der Waals surface area contributed by atoms with E-state index in [2.05, 4.69) is 123 Å². The molecular formula is C94H168NO8+. The molecule has 0 rings (SSSR count). The second-order valence-electron chi connectivity index (χ2n) is 30.8. The highest BCUT2D eigenvalue weighted by molar-refractivity contribution is 5.71. The Kier molecular flexibility index (Phi) is 80.3. The molecule has 0 bridgehead atoms. The molecule has 0 aliphatic rings. The summed E-state index contributed by atoms with van der Waals surface area (Å²) in [5, 5.41) is 9.79. The van der Waals surface area contributed by atoms with Crippen molar-refractivity contribution in [1.82, 2.24) is 0 Å². The number of rotatable bonds is 82. The molecule has 0 fully saturated rings. The van der Waals surface area contributed by atoms with E-state index in [1.807, 2.05) is 21.1 Å². The molecule has 0 saturated heterocycles. The van der Waals surface area contributed by atoms with Crippen LogP contribution in [0.25, 0.3) is 0 Å². The van der Waals surface area contributed by atoms with Gasteiger partial charge in [0, 0.05) is 12.8 Å². The van der Waals surface area contributed by atoms with Crippen LogP contribution in [0.15, 0.2) is 109 Å². The highest BCUT2D eigenvalue weighted by Crippen LogP contribution is 2.20. The van der Waals surface area contributed by atoms with E-state index >= 15 is 0 Å². The average Bonchev–Trinajstić information content (AvgIpc) is 0.985. The fraction of sp³-hybridized carbons (Fsp3) is 0.777. The third kappa shape index (κ3) is 85.1. The predicted molar refractivity (Wildman–Crippen MR) is 447 cm³/mol.